The van der Waals surface area contributed by atoms with Crippen LogP contribution in [0.4, 0.5) is 0 Å². The monoisotopic (exact) mass is 384 g/mol. The zero-order valence-electron chi connectivity index (χ0n) is 15.3. The quantitative estimate of drug-likeness (QED) is 0.376. The molecule has 2 aromatic rings. The van der Waals surface area contributed by atoms with Crippen molar-refractivity contribution in [3.63, 3.8) is 0 Å². The minimum absolute atomic E-state index is 0.285. The van der Waals surface area contributed by atoms with Gasteiger partial charge in [-0.3, -0.25) is 15.0 Å². The highest BCUT2D eigenvalue weighted by Gasteiger charge is 2.18. The van der Waals surface area contributed by atoms with Crippen molar-refractivity contribution in [2.45, 2.75) is 26.3 Å². The molecule has 136 valence electrons. The van der Waals surface area contributed by atoms with Crippen LogP contribution >= 0.6 is 22.7 Å². The van der Waals surface area contributed by atoms with E-state index in [1.165, 1.54) is 0 Å². The van der Waals surface area contributed by atoms with E-state index in [-0.39, 0.29) is 6.04 Å². The van der Waals surface area contributed by atoms with Crippen LogP contribution in [0.15, 0.2) is 73.4 Å². The lowest BCUT2D eigenvalue weighted by Gasteiger charge is -2.14. The Hall–Kier alpha value is -2.31. The van der Waals surface area contributed by atoms with Gasteiger partial charge in [0.1, 0.15) is 11.9 Å². The molecule has 0 amide bonds. The molecule has 0 aliphatic heterocycles. The molecule has 0 aliphatic carbocycles. The molecule has 0 fully saturated rings. The molecule has 0 saturated heterocycles. The summed E-state index contributed by atoms with van der Waals surface area (Å²) in [5.41, 5.74) is 9.28. The number of hydrogen-bond donors (Lipinski definition) is 1. The van der Waals surface area contributed by atoms with Crippen molar-refractivity contribution in [2.24, 2.45) is 20.7 Å². The molecule has 0 radical (unpaired) electrons. The first-order valence-electron chi connectivity index (χ1n) is 8.31. The van der Waals surface area contributed by atoms with Gasteiger partial charge in [-0.1, -0.05) is 25.1 Å². The van der Waals surface area contributed by atoms with E-state index in [2.05, 4.69) is 48.1 Å². The molecule has 1 atom stereocenters. The molecule has 0 bridgehead atoms. The molecule has 26 heavy (non-hydrogen) atoms. The summed E-state index contributed by atoms with van der Waals surface area (Å²) in [4.78, 5) is 15.3. The molecule has 0 saturated carbocycles. The highest BCUT2D eigenvalue weighted by atomic mass is 32.1. The number of nitrogens with two attached hydrogens (primary N) is 1. The molecule has 0 aliphatic rings. The predicted molar refractivity (Wildman–Crippen MR) is 117 cm³/mol. The number of amidine groups is 1. The summed E-state index contributed by atoms with van der Waals surface area (Å²) in [6.07, 6.45) is 4.77. The van der Waals surface area contributed by atoms with Gasteiger partial charge in [-0.15, -0.1) is 22.7 Å². The molecule has 6 heteroatoms. The SMILES string of the molecule is C=N/C=C(\C=C(/C)C(=NC(C(N)=NC)c1cccs1)c1cccs1)CC. The minimum atomic E-state index is -0.285. The molecule has 4 nitrogen and oxygen atoms in total. The molecule has 0 spiro atoms. The number of aliphatic imine (C=N–C) groups is 3. The van der Waals surface area contributed by atoms with Gasteiger partial charge >= 0.3 is 0 Å². The second-order valence-electron chi connectivity index (χ2n) is 5.59. The maximum atomic E-state index is 6.18. The van der Waals surface area contributed by atoms with Crippen molar-refractivity contribution in [1.29, 1.82) is 0 Å². The summed E-state index contributed by atoms with van der Waals surface area (Å²) in [6.45, 7) is 7.71. The van der Waals surface area contributed by atoms with Crippen LogP contribution in [0.25, 0.3) is 0 Å². The zero-order chi connectivity index (χ0) is 18.9. The van der Waals surface area contributed by atoms with Gasteiger partial charge in [0.2, 0.25) is 0 Å². The van der Waals surface area contributed by atoms with Gasteiger partial charge in [0.05, 0.1) is 10.6 Å². The minimum Gasteiger partial charge on any atom is -0.385 e. The van der Waals surface area contributed by atoms with Crippen molar-refractivity contribution >= 4 is 40.9 Å². The summed E-state index contributed by atoms with van der Waals surface area (Å²) in [6, 6.07) is 7.87. The molecule has 2 heterocycles. The second-order valence-corrected chi connectivity index (χ2v) is 7.52. The van der Waals surface area contributed by atoms with Gasteiger partial charge in [-0.25, -0.2) is 0 Å². The Balaban J connectivity index is 2.57. The average Bonchev–Trinajstić information content (AvgIpc) is 3.35. The van der Waals surface area contributed by atoms with Crippen molar-refractivity contribution in [1.82, 2.24) is 0 Å². The van der Waals surface area contributed by atoms with Gasteiger partial charge in [-0.05, 0) is 54.1 Å². The van der Waals surface area contributed by atoms with Crippen LogP contribution in [-0.2, 0) is 0 Å². The largest absolute Gasteiger partial charge is 0.385 e. The number of allylic oxidation sites excluding steroid dienone is 3. The maximum Gasteiger partial charge on any atom is 0.141 e. The predicted octanol–water partition coefficient (Wildman–Crippen LogP) is 5.27. The van der Waals surface area contributed by atoms with Crippen LogP contribution < -0.4 is 5.73 Å². The number of rotatable bonds is 8. The number of nitrogens with zero attached hydrogens (tertiary/aromatic N) is 3. The first-order valence-corrected chi connectivity index (χ1v) is 10.1. The number of thiophene rings is 2. The Morgan fingerprint density at radius 3 is 2.54 bits per heavy atom. The van der Waals surface area contributed by atoms with Crippen molar-refractivity contribution < 1.29 is 0 Å². The van der Waals surface area contributed by atoms with E-state index in [1.807, 2.05) is 23.6 Å². The Bertz CT molecular complexity index is 825. The second kappa shape index (κ2) is 9.99. The van der Waals surface area contributed by atoms with E-state index >= 15 is 0 Å². The fourth-order valence-corrected chi connectivity index (χ4v) is 4.00. The third-order valence-corrected chi connectivity index (χ3v) is 5.61. The van der Waals surface area contributed by atoms with Crippen molar-refractivity contribution in [3.05, 3.63) is 68.2 Å². The third kappa shape index (κ3) is 5.09. The molecule has 2 aromatic heterocycles. The lowest BCUT2D eigenvalue weighted by Crippen LogP contribution is -2.21. The highest BCUT2D eigenvalue weighted by Crippen LogP contribution is 2.27. The summed E-state index contributed by atoms with van der Waals surface area (Å²) in [5.74, 6) is 0.508. The third-order valence-electron chi connectivity index (χ3n) is 3.80. The maximum absolute atomic E-state index is 6.18. The van der Waals surface area contributed by atoms with Crippen LogP contribution in [0.1, 0.15) is 36.1 Å². The summed E-state index contributed by atoms with van der Waals surface area (Å²) in [5, 5.41) is 4.08. The first-order chi connectivity index (χ1) is 12.6. The standard InChI is InChI=1S/C20H24N4S2/c1-5-15(13-22-3)12-14(2)18(16-8-6-10-25-16)24-19(20(21)23-4)17-9-7-11-26-17/h6-13,19H,3,5H2,1-2,4H3,(H2,21,23)/b14-12+,15-13-,24-18?. The Labute approximate surface area is 163 Å². The van der Waals surface area contributed by atoms with Gasteiger partial charge in [0, 0.05) is 18.1 Å². The van der Waals surface area contributed by atoms with E-state index in [4.69, 9.17) is 10.7 Å². The van der Waals surface area contributed by atoms with E-state index in [9.17, 15) is 0 Å². The Kier molecular flexibility index (Phi) is 7.69. The van der Waals surface area contributed by atoms with Crippen LogP contribution in [0.5, 0.6) is 0 Å². The number of hydrogen-bond acceptors (Lipinski definition) is 5. The lowest BCUT2D eigenvalue weighted by molar-refractivity contribution is 0.967. The summed E-state index contributed by atoms with van der Waals surface area (Å²) >= 11 is 3.30. The normalized spacial score (nSPS) is 15.2. The molecular weight excluding hydrogens is 360 g/mol. The van der Waals surface area contributed by atoms with Crippen LogP contribution in [0, 0.1) is 0 Å². The van der Waals surface area contributed by atoms with Crippen LogP contribution in [0.3, 0.4) is 0 Å². The Morgan fingerprint density at radius 2 is 2.00 bits per heavy atom. The fraction of sp³-hybridized carbons (Fsp3) is 0.250. The Morgan fingerprint density at radius 1 is 1.27 bits per heavy atom. The highest BCUT2D eigenvalue weighted by molar-refractivity contribution is 7.12. The van der Waals surface area contributed by atoms with E-state index in [0.717, 1.165) is 33.0 Å². The molecule has 1 unspecified atom stereocenters. The smallest absolute Gasteiger partial charge is 0.141 e. The fourth-order valence-electron chi connectivity index (χ4n) is 2.44. The molecule has 2 rings (SSSR count). The van der Waals surface area contributed by atoms with Gasteiger partial charge in [0.15, 0.2) is 0 Å². The molecule has 0 aromatic carbocycles. The van der Waals surface area contributed by atoms with Gasteiger partial charge in [-0.2, -0.15) is 0 Å². The van der Waals surface area contributed by atoms with Crippen LogP contribution in [-0.4, -0.2) is 25.3 Å². The van der Waals surface area contributed by atoms with Crippen molar-refractivity contribution in [2.75, 3.05) is 7.05 Å². The van der Waals surface area contributed by atoms with Crippen LogP contribution in [0.2, 0.25) is 0 Å². The summed E-state index contributed by atoms with van der Waals surface area (Å²) < 4.78 is 0. The summed E-state index contributed by atoms with van der Waals surface area (Å²) in [7, 11) is 1.70. The first kappa shape index (κ1) is 20.0. The van der Waals surface area contributed by atoms with Crippen molar-refractivity contribution in [3.8, 4) is 0 Å². The topological polar surface area (TPSA) is 63.1 Å². The molecular formula is C20H24N4S2. The zero-order valence-corrected chi connectivity index (χ0v) is 17.0. The van der Waals surface area contributed by atoms with E-state index < -0.39 is 0 Å². The molecule has 2 N–H and O–H groups in total. The van der Waals surface area contributed by atoms with Gasteiger partial charge in [0.25, 0.3) is 0 Å². The average molecular weight is 385 g/mol. The van der Waals surface area contributed by atoms with Gasteiger partial charge < -0.3 is 5.73 Å². The van der Waals surface area contributed by atoms with E-state index in [0.29, 0.717) is 5.84 Å². The lowest BCUT2D eigenvalue weighted by atomic mass is 10.1. The van der Waals surface area contributed by atoms with E-state index in [1.54, 1.807) is 35.9 Å².